The first-order chi connectivity index (χ1) is 14.1. The van der Waals surface area contributed by atoms with Crippen molar-refractivity contribution in [3.05, 3.63) is 52.3 Å². The number of nitrogens with zero attached hydrogens (tertiary/aromatic N) is 4. The molecule has 162 valence electrons. The summed E-state index contributed by atoms with van der Waals surface area (Å²) in [5, 5.41) is 3.07. The van der Waals surface area contributed by atoms with Crippen LogP contribution in [0.4, 0.5) is 16.0 Å². The highest BCUT2D eigenvalue weighted by molar-refractivity contribution is 7.79. The second-order valence-corrected chi connectivity index (χ2v) is 7.74. The lowest BCUT2D eigenvalue weighted by molar-refractivity contribution is 0.381. The predicted molar refractivity (Wildman–Crippen MR) is 110 cm³/mol. The molecule has 1 aliphatic rings. The highest BCUT2D eigenvalue weighted by Gasteiger charge is 2.21. The van der Waals surface area contributed by atoms with E-state index in [1.165, 1.54) is 12.3 Å². The Morgan fingerprint density at radius 2 is 1.87 bits per heavy atom. The highest BCUT2D eigenvalue weighted by atomic mass is 32.3. The third-order valence-electron chi connectivity index (χ3n) is 4.63. The van der Waals surface area contributed by atoms with E-state index in [0.29, 0.717) is 28.4 Å². The van der Waals surface area contributed by atoms with Crippen molar-refractivity contribution in [3.63, 3.8) is 0 Å². The van der Waals surface area contributed by atoms with Gasteiger partial charge in [0.25, 0.3) is 5.56 Å². The molecule has 2 heterocycles. The lowest BCUT2D eigenvalue weighted by Gasteiger charge is -2.15. The molecule has 2 aromatic heterocycles. The Balaban J connectivity index is 0.000000514. The molecule has 1 aliphatic carbocycles. The van der Waals surface area contributed by atoms with Crippen LogP contribution in [0.2, 0.25) is 0 Å². The smallest absolute Gasteiger partial charge is 0.324 e. The second-order valence-electron chi connectivity index (χ2n) is 6.84. The molecule has 4 rings (SSSR count). The fraction of sp³-hybridized carbons (Fsp3) is 0.333. The molecule has 1 fully saturated rings. The molecule has 3 aromatic rings. The van der Waals surface area contributed by atoms with Crippen LogP contribution in [0.1, 0.15) is 38.7 Å². The maximum atomic E-state index is 13.4. The molecule has 30 heavy (non-hydrogen) atoms. The Morgan fingerprint density at radius 1 is 1.20 bits per heavy atom. The van der Waals surface area contributed by atoms with E-state index in [-0.39, 0.29) is 18.8 Å². The zero-order valence-corrected chi connectivity index (χ0v) is 16.8. The van der Waals surface area contributed by atoms with Crippen molar-refractivity contribution in [2.75, 3.05) is 5.32 Å². The van der Waals surface area contributed by atoms with E-state index in [9.17, 15) is 9.18 Å². The zero-order chi connectivity index (χ0) is 21.9. The summed E-state index contributed by atoms with van der Waals surface area (Å²) in [7, 11) is -4.67. The standard InChI is InChI=1S/C18H18FN5O.H2O4S.H2/c1-11-8-12(6-7-14(11)19)22-18-21-9-15-17(23-18)24(16(25)10-20-15)13-4-2-3-5-13;1-5(2,3)4;/h6-10,13H,2-5H2,1H3,(H,21,22,23);(H2,1,2,3,4);1H. The van der Waals surface area contributed by atoms with Gasteiger partial charge in [-0.2, -0.15) is 13.4 Å². The molecule has 0 aliphatic heterocycles. The summed E-state index contributed by atoms with van der Waals surface area (Å²) in [4.78, 5) is 25.3. The van der Waals surface area contributed by atoms with Crippen LogP contribution in [-0.2, 0) is 10.4 Å². The van der Waals surface area contributed by atoms with Gasteiger partial charge in [-0.3, -0.25) is 18.5 Å². The predicted octanol–water partition coefficient (Wildman–Crippen LogP) is 3.09. The summed E-state index contributed by atoms with van der Waals surface area (Å²) in [5.74, 6) is 0.0990. The van der Waals surface area contributed by atoms with E-state index in [0.717, 1.165) is 25.7 Å². The van der Waals surface area contributed by atoms with E-state index in [1.807, 2.05) is 0 Å². The molecule has 3 N–H and O–H groups in total. The number of fused-ring (bicyclic) bond motifs is 1. The number of rotatable bonds is 3. The number of benzene rings is 1. The summed E-state index contributed by atoms with van der Waals surface area (Å²) < 4.78 is 46.7. The summed E-state index contributed by atoms with van der Waals surface area (Å²) in [6.45, 7) is 1.70. The largest absolute Gasteiger partial charge is 0.394 e. The minimum absolute atomic E-state index is 0. The van der Waals surface area contributed by atoms with Crippen molar-refractivity contribution in [3.8, 4) is 0 Å². The van der Waals surface area contributed by atoms with Gasteiger partial charge >= 0.3 is 10.4 Å². The first kappa shape index (κ1) is 21.7. The van der Waals surface area contributed by atoms with Crippen molar-refractivity contribution in [2.45, 2.75) is 38.6 Å². The number of halogens is 1. The zero-order valence-electron chi connectivity index (χ0n) is 16.0. The van der Waals surface area contributed by atoms with E-state index in [2.05, 4.69) is 20.3 Å². The molecule has 0 atom stereocenters. The minimum atomic E-state index is -4.67. The van der Waals surface area contributed by atoms with Crippen molar-refractivity contribution >= 4 is 33.2 Å². The fourth-order valence-corrected chi connectivity index (χ4v) is 3.35. The van der Waals surface area contributed by atoms with Crippen molar-refractivity contribution < 1.29 is 23.3 Å². The Hall–Kier alpha value is -2.96. The van der Waals surface area contributed by atoms with Crippen LogP contribution in [0.15, 0.2) is 35.4 Å². The summed E-state index contributed by atoms with van der Waals surface area (Å²) in [5.41, 5.74) is 2.22. The number of aromatic nitrogens is 4. The van der Waals surface area contributed by atoms with Gasteiger partial charge in [0.2, 0.25) is 5.95 Å². The summed E-state index contributed by atoms with van der Waals surface area (Å²) in [6, 6.07) is 4.88. The van der Waals surface area contributed by atoms with E-state index in [4.69, 9.17) is 17.5 Å². The first-order valence-electron chi connectivity index (χ1n) is 9.09. The maximum absolute atomic E-state index is 13.4. The Kier molecular flexibility index (Phi) is 6.39. The van der Waals surface area contributed by atoms with Gasteiger partial charge in [-0.25, -0.2) is 14.4 Å². The lowest BCUT2D eigenvalue weighted by Crippen LogP contribution is -2.24. The van der Waals surface area contributed by atoms with Crippen LogP contribution in [-0.4, -0.2) is 37.0 Å². The molecule has 0 saturated heterocycles. The van der Waals surface area contributed by atoms with Gasteiger partial charge in [0.15, 0.2) is 5.65 Å². The number of hydrogen-bond donors (Lipinski definition) is 3. The van der Waals surface area contributed by atoms with E-state index in [1.54, 1.807) is 29.8 Å². The van der Waals surface area contributed by atoms with Gasteiger partial charge in [-0.05, 0) is 43.5 Å². The van der Waals surface area contributed by atoms with Crippen LogP contribution in [0.5, 0.6) is 0 Å². The molecule has 1 saturated carbocycles. The average Bonchev–Trinajstić information content (AvgIpc) is 3.17. The first-order valence-corrected chi connectivity index (χ1v) is 10.5. The van der Waals surface area contributed by atoms with Crippen LogP contribution < -0.4 is 10.9 Å². The normalized spacial score (nSPS) is 14.4. The Bertz CT molecular complexity index is 1220. The molecule has 0 radical (unpaired) electrons. The third kappa shape index (κ3) is 5.55. The van der Waals surface area contributed by atoms with Gasteiger partial charge < -0.3 is 5.32 Å². The number of hydrogen-bond acceptors (Lipinski definition) is 7. The molecule has 0 spiro atoms. The average molecular weight is 439 g/mol. The van der Waals surface area contributed by atoms with Gasteiger partial charge in [0, 0.05) is 13.2 Å². The van der Waals surface area contributed by atoms with Crippen molar-refractivity contribution in [1.29, 1.82) is 0 Å². The molecular formula is C18H22FN5O5S. The molecular weight excluding hydrogens is 417 g/mol. The van der Waals surface area contributed by atoms with Gasteiger partial charge in [0.1, 0.15) is 11.3 Å². The van der Waals surface area contributed by atoms with Gasteiger partial charge in [-0.1, -0.05) is 12.8 Å². The van der Waals surface area contributed by atoms with Crippen LogP contribution in [0.25, 0.3) is 11.2 Å². The second kappa shape index (κ2) is 8.81. The lowest BCUT2D eigenvalue weighted by atomic mass is 10.2. The van der Waals surface area contributed by atoms with Crippen LogP contribution in [0, 0.1) is 12.7 Å². The summed E-state index contributed by atoms with van der Waals surface area (Å²) >= 11 is 0. The Labute approximate surface area is 172 Å². The molecule has 10 nitrogen and oxygen atoms in total. The van der Waals surface area contributed by atoms with Crippen molar-refractivity contribution in [1.82, 2.24) is 19.5 Å². The van der Waals surface area contributed by atoms with E-state index >= 15 is 0 Å². The molecule has 0 amide bonds. The number of aryl methyl sites for hydroxylation is 1. The van der Waals surface area contributed by atoms with Crippen LogP contribution >= 0.6 is 0 Å². The molecule has 0 unspecified atom stereocenters. The SMILES string of the molecule is Cc1cc(Nc2ncc3ncc(=O)n(C4CCCC4)c3n2)ccc1F.O=S(=O)(O)O.[HH]. The van der Waals surface area contributed by atoms with Crippen molar-refractivity contribution in [2.24, 2.45) is 0 Å². The molecule has 0 bridgehead atoms. The van der Waals surface area contributed by atoms with Gasteiger partial charge in [-0.15, -0.1) is 0 Å². The summed E-state index contributed by atoms with van der Waals surface area (Å²) in [6.07, 6.45) is 7.12. The topological polar surface area (TPSA) is 147 Å². The highest BCUT2D eigenvalue weighted by Crippen LogP contribution is 2.30. The Morgan fingerprint density at radius 3 is 2.50 bits per heavy atom. The molecule has 1 aromatic carbocycles. The van der Waals surface area contributed by atoms with Crippen LogP contribution in [0.3, 0.4) is 0 Å². The number of anilines is 2. The van der Waals surface area contributed by atoms with E-state index < -0.39 is 10.4 Å². The van der Waals surface area contributed by atoms with Gasteiger partial charge in [0.05, 0.1) is 12.4 Å². The third-order valence-corrected chi connectivity index (χ3v) is 4.63. The number of nitrogens with one attached hydrogen (secondary N) is 1. The quantitative estimate of drug-likeness (QED) is 0.524. The monoisotopic (exact) mass is 439 g/mol. The fourth-order valence-electron chi connectivity index (χ4n) is 3.35. The minimum Gasteiger partial charge on any atom is -0.324 e. The maximum Gasteiger partial charge on any atom is 0.394 e. The molecule has 12 heteroatoms.